The fourth-order valence-electron chi connectivity index (χ4n) is 5.48. The Bertz CT molecular complexity index is 1590. The van der Waals surface area contributed by atoms with Crippen molar-refractivity contribution in [3.05, 3.63) is 85.2 Å². The summed E-state index contributed by atoms with van der Waals surface area (Å²) in [7, 11) is 1.43. The number of aliphatic imine (C=N–C) groups is 3. The second-order valence-corrected chi connectivity index (χ2v) is 10.6. The number of carbonyl (C=O) groups excluding carboxylic acids is 1. The molecule has 0 saturated carbocycles. The average molecular weight is 495 g/mol. The third-order valence-electron chi connectivity index (χ3n) is 8.67. The van der Waals surface area contributed by atoms with E-state index in [2.05, 4.69) is 58.7 Å². The normalized spacial score (nSPS) is 24.6. The van der Waals surface area contributed by atoms with Crippen molar-refractivity contribution in [3.63, 3.8) is 0 Å². The number of H-pyrrole nitrogens is 1. The Hall–Kier alpha value is -3.80. The molecule has 1 N–H and O–H groups in total. The van der Waals surface area contributed by atoms with E-state index in [0.29, 0.717) is 5.71 Å². The van der Waals surface area contributed by atoms with Crippen molar-refractivity contribution in [2.75, 3.05) is 7.11 Å². The van der Waals surface area contributed by atoms with Gasteiger partial charge in [-0.2, -0.15) is 0 Å². The molecule has 1 aromatic heterocycles. The highest BCUT2D eigenvalue weighted by atomic mass is 16.5. The van der Waals surface area contributed by atoms with E-state index in [1.54, 1.807) is 0 Å². The van der Waals surface area contributed by atoms with E-state index in [4.69, 9.17) is 19.7 Å². The van der Waals surface area contributed by atoms with Crippen molar-refractivity contribution in [2.24, 2.45) is 15.0 Å². The van der Waals surface area contributed by atoms with Crippen molar-refractivity contribution in [3.8, 4) is 0 Å². The Morgan fingerprint density at radius 3 is 1.73 bits per heavy atom. The molecule has 0 radical (unpaired) electrons. The van der Waals surface area contributed by atoms with Crippen LogP contribution in [0.3, 0.4) is 0 Å². The summed E-state index contributed by atoms with van der Waals surface area (Å²) in [5.74, 6) is -0.354. The van der Waals surface area contributed by atoms with Gasteiger partial charge in [-0.05, 0) is 125 Å². The maximum atomic E-state index is 13.5. The number of esters is 1. The van der Waals surface area contributed by atoms with Crippen LogP contribution in [-0.4, -0.2) is 35.2 Å². The van der Waals surface area contributed by atoms with Gasteiger partial charge >= 0.3 is 5.97 Å². The lowest BCUT2D eigenvalue weighted by atomic mass is 9.77. The van der Waals surface area contributed by atoms with Crippen molar-refractivity contribution in [1.82, 2.24) is 4.98 Å². The first-order valence-corrected chi connectivity index (χ1v) is 12.6. The van der Waals surface area contributed by atoms with Gasteiger partial charge in [0, 0.05) is 11.4 Å². The summed E-state index contributed by atoms with van der Waals surface area (Å²) in [6.45, 7) is 18.5. The number of fused-ring (bicyclic) bond motifs is 5. The molecule has 6 heteroatoms. The molecule has 8 bridgehead atoms. The van der Waals surface area contributed by atoms with Crippen molar-refractivity contribution in [1.29, 1.82) is 0 Å². The zero-order valence-electron chi connectivity index (χ0n) is 23.4. The number of allylic oxidation sites excluding steroid dienone is 8. The van der Waals surface area contributed by atoms with Crippen LogP contribution in [0.25, 0.3) is 6.08 Å². The minimum atomic E-state index is -1.12. The highest BCUT2D eigenvalue weighted by Gasteiger charge is 2.47. The molecule has 0 saturated heterocycles. The summed E-state index contributed by atoms with van der Waals surface area (Å²) >= 11 is 0. The highest BCUT2D eigenvalue weighted by molar-refractivity contribution is 6.22. The van der Waals surface area contributed by atoms with Gasteiger partial charge in [0.05, 0.1) is 41.3 Å². The van der Waals surface area contributed by atoms with Crippen LogP contribution in [-0.2, 0) is 14.9 Å². The lowest BCUT2D eigenvalue weighted by molar-refractivity contribution is -0.144. The average Bonchev–Trinajstić information content (AvgIpc) is 3.51. The second-order valence-electron chi connectivity index (χ2n) is 10.6. The van der Waals surface area contributed by atoms with E-state index in [-0.39, 0.29) is 5.97 Å². The second kappa shape index (κ2) is 8.37. The summed E-state index contributed by atoms with van der Waals surface area (Å²) in [5, 5.41) is 0. The van der Waals surface area contributed by atoms with Crippen LogP contribution in [0.15, 0.2) is 77.7 Å². The molecular formula is C31H34N4O2. The predicted molar refractivity (Wildman–Crippen MR) is 151 cm³/mol. The van der Waals surface area contributed by atoms with E-state index < -0.39 is 5.41 Å². The number of hydrogen-bond donors (Lipinski definition) is 1. The topological polar surface area (TPSA) is 79.2 Å². The lowest BCUT2D eigenvalue weighted by Crippen LogP contribution is -2.43. The Labute approximate surface area is 218 Å². The number of aromatic amines is 1. The number of hydrogen-bond acceptors (Lipinski definition) is 5. The predicted octanol–water partition coefficient (Wildman–Crippen LogP) is 6.56. The number of ether oxygens (including phenoxy) is 1. The molecule has 1 atom stereocenters. The first-order valence-electron chi connectivity index (χ1n) is 12.6. The standard InChI is InChI=1S/C31H34N4O2/c1-14-16(3)24-12-26-18(5)20(7)28(34-26)31(9,30(36)37-10)29-21(8)19(6)27(35-29)13-25-17(4)15(2)23(33-25)11-22(14)32-24/h11-13,34H,1-10H3/b23-11?,24-12?,27-13-. The fourth-order valence-corrected chi connectivity index (χ4v) is 5.48. The van der Waals surface area contributed by atoms with E-state index in [1.165, 1.54) is 7.11 Å². The number of nitrogens with zero attached hydrogens (tertiary/aromatic N) is 3. The molecule has 0 aromatic carbocycles. The number of aromatic nitrogens is 1. The van der Waals surface area contributed by atoms with Crippen molar-refractivity contribution in [2.45, 2.75) is 67.7 Å². The van der Waals surface area contributed by atoms with Gasteiger partial charge in [0.25, 0.3) is 0 Å². The van der Waals surface area contributed by atoms with Gasteiger partial charge < -0.3 is 9.72 Å². The van der Waals surface area contributed by atoms with Crippen LogP contribution in [0.1, 0.15) is 71.0 Å². The molecule has 0 fully saturated rings. The van der Waals surface area contributed by atoms with Crippen molar-refractivity contribution >= 4 is 29.2 Å². The van der Waals surface area contributed by atoms with Gasteiger partial charge in [-0.1, -0.05) is 0 Å². The van der Waals surface area contributed by atoms with Gasteiger partial charge in [-0.15, -0.1) is 0 Å². The van der Waals surface area contributed by atoms with Gasteiger partial charge in [0.1, 0.15) is 5.41 Å². The van der Waals surface area contributed by atoms with E-state index >= 15 is 0 Å². The molecule has 1 unspecified atom stereocenters. The number of carbonyl (C=O) groups is 1. The number of methoxy groups -OCH3 is 1. The zero-order valence-corrected chi connectivity index (χ0v) is 23.4. The Kier molecular flexibility index (Phi) is 5.63. The number of nitrogens with one attached hydrogen (secondary N) is 1. The molecule has 5 rings (SSSR count). The van der Waals surface area contributed by atoms with Gasteiger partial charge in [-0.25, -0.2) is 9.98 Å². The maximum Gasteiger partial charge on any atom is 0.323 e. The molecule has 190 valence electrons. The van der Waals surface area contributed by atoms with Crippen molar-refractivity contribution < 1.29 is 9.53 Å². The Balaban J connectivity index is 1.88. The van der Waals surface area contributed by atoms with Crippen LogP contribution in [0.2, 0.25) is 0 Å². The minimum absolute atomic E-state index is 0.354. The lowest BCUT2D eigenvalue weighted by Gasteiger charge is -2.28. The molecule has 6 nitrogen and oxygen atoms in total. The minimum Gasteiger partial charge on any atom is -0.468 e. The molecule has 1 aromatic rings. The molecule has 5 heterocycles. The summed E-state index contributed by atoms with van der Waals surface area (Å²) < 4.78 is 5.39. The van der Waals surface area contributed by atoms with Crippen LogP contribution in [0.4, 0.5) is 0 Å². The van der Waals surface area contributed by atoms with Crippen LogP contribution in [0.5, 0.6) is 0 Å². The first-order chi connectivity index (χ1) is 17.4. The SMILES string of the molecule is COC(=O)C1(C)C2=N/C(=C\C3=NC(=CC4=NC(=Cc5[nH]c1c(C)c5C)C(C)=C4C)C(C)=C3C)C(C)=C2C. The molecule has 37 heavy (non-hydrogen) atoms. The quantitative estimate of drug-likeness (QED) is 0.449. The van der Waals surface area contributed by atoms with Gasteiger partial charge in [-0.3, -0.25) is 9.79 Å². The third kappa shape index (κ3) is 3.45. The molecule has 4 aliphatic rings. The van der Waals surface area contributed by atoms with E-state index in [1.807, 2.05) is 26.8 Å². The Morgan fingerprint density at radius 2 is 1.19 bits per heavy atom. The molecule has 4 aliphatic heterocycles. The largest absolute Gasteiger partial charge is 0.468 e. The van der Waals surface area contributed by atoms with Crippen LogP contribution < -0.4 is 0 Å². The molecule has 0 aliphatic carbocycles. The number of rotatable bonds is 1. The summed E-state index contributed by atoms with van der Waals surface area (Å²) in [5.41, 5.74) is 14.3. The summed E-state index contributed by atoms with van der Waals surface area (Å²) in [4.78, 5) is 32.1. The highest BCUT2D eigenvalue weighted by Crippen LogP contribution is 2.41. The van der Waals surface area contributed by atoms with Gasteiger partial charge in [0.15, 0.2) is 0 Å². The molecule has 0 amide bonds. The monoisotopic (exact) mass is 494 g/mol. The fraction of sp³-hybridized carbons (Fsp3) is 0.355. The van der Waals surface area contributed by atoms with Gasteiger partial charge in [0.2, 0.25) is 0 Å². The summed E-state index contributed by atoms with van der Waals surface area (Å²) in [6, 6.07) is 0. The van der Waals surface area contributed by atoms with E-state index in [0.717, 1.165) is 84.5 Å². The van der Waals surface area contributed by atoms with E-state index in [9.17, 15) is 4.79 Å². The van der Waals surface area contributed by atoms with Crippen LogP contribution >= 0.6 is 0 Å². The zero-order chi connectivity index (χ0) is 27.0. The molecular weight excluding hydrogens is 460 g/mol. The third-order valence-corrected chi connectivity index (χ3v) is 8.67. The summed E-state index contributed by atoms with van der Waals surface area (Å²) in [6.07, 6.45) is 6.19. The molecule has 0 spiro atoms. The smallest absolute Gasteiger partial charge is 0.323 e. The first kappa shape index (κ1) is 24.9. The Morgan fingerprint density at radius 1 is 0.703 bits per heavy atom. The maximum absolute atomic E-state index is 13.5. The van der Waals surface area contributed by atoms with Crippen LogP contribution in [0, 0.1) is 13.8 Å².